The third-order valence-electron chi connectivity index (χ3n) is 4.30. The van der Waals surface area contributed by atoms with Crippen molar-refractivity contribution in [3.63, 3.8) is 0 Å². The molecule has 8 nitrogen and oxygen atoms in total. The maximum Gasteiger partial charge on any atom is 0.352 e. The Labute approximate surface area is 171 Å². The van der Waals surface area contributed by atoms with E-state index < -0.39 is 53.4 Å². The molecule has 12 heteroatoms. The number of thioether (sulfide) groups is 1. The number of amides is 2. The molecule has 3 heterocycles. The van der Waals surface area contributed by atoms with E-state index in [-0.39, 0.29) is 17.7 Å². The molecule has 0 bridgehead atoms. The minimum Gasteiger partial charge on any atom is -0.477 e. The van der Waals surface area contributed by atoms with Crippen molar-refractivity contribution in [2.24, 2.45) is 0 Å². The number of hydrogen-bond acceptors (Lipinski definition) is 7. The van der Waals surface area contributed by atoms with Crippen LogP contribution in [0.3, 0.4) is 0 Å². The highest BCUT2D eigenvalue weighted by molar-refractivity contribution is 8.00. The van der Waals surface area contributed by atoms with Gasteiger partial charge in [-0.15, -0.1) is 23.1 Å². The number of nitrogens with one attached hydrogen (secondary N) is 1. The first-order valence-electron chi connectivity index (χ1n) is 8.38. The normalized spacial score (nSPS) is 22.1. The molecule has 2 aliphatic rings. The molecule has 0 aliphatic carbocycles. The van der Waals surface area contributed by atoms with E-state index in [0.29, 0.717) is 0 Å². The predicted molar refractivity (Wildman–Crippen MR) is 99.3 cm³/mol. The van der Waals surface area contributed by atoms with Gasteiger partial charge in [0.1, 0.15) is 17.1 Å². The topological polar surface area (TPSA) is 113 Å². The van der Waals surface area contributed by atoms with Gasteiger partial charge >= 0.3 is 11.9 Å². The molecular weight excluding hydrogens is 430 g/mol. The summed E-state index contributed by atoms with van der Waals surface area (Å²) in [7, 11) is 0. The Kier molecular flexibility index (Phi) is 6.22. The fourth-order valence-electron chi connectivity index (χ4n) is 3.11. The van der Waals surface area contributed by atoms with E-state index in [1.807, 2.05) is 5.38 Å². The summed E-state index contributed by atoms with van der Waals surface area (Å²) < 4.78 is 31.3. The van der Waals surface area contributed by atoms with Gasteiger partial charge < -0.3 is 15.2 Å². The van der Waals surface area contributed by atoms with Crippen molar-refractivity contribution in [1.29, 1.82) is 0 Å². The number of aliphatic carboxylic acids is 1. The number of β-lactam (4-membered cyclic amide) rings is 1. The van der Waals surface area contributed by atoms with Gasteiger partial charge in [-0.2, -0.15) is 0 Å². The number of nitrogens with zero attached hydrogens (tertiary/aromatic N) is 1. The lowest BCUT2D eigenvalue weighted by atomic mass is 10.00. The molecule has 1 fully saturated rings. The minimum atomic E-state index is -3.15. The first kappa shape index (κ1) is 21.2. The van der Waals surface area contributed by atoms with Gasteiger partial charge in [-0.25, -0.2) is 13.6 Å². The maximum atomic E-state index is 13.4. The maximum absolute atomic E-state index is 13.4. The third-order valence-corrected chi connectivity index (χ3v) is 6.48. The molecule has 29 heavy (non-hydrogen) atoms. The zero-order valence-electron chi connectivity index (χ0n) is 15.0. The summed E-state index contributed by atoms with van der Waals surface area (Å²) in [5, 5.41) is 13.2. The number of esters is 1. The molecular formula is C17H16F2N2O6S2. The third kappa shape index (κ3) is 4.27. The Morgan fingerprint density at radius 1 is 1.41 bits per heavy atom. The summed E-state index contributed by atoms with van der Waals surface area (Å²) in [6.45, 7) is 0.934. The standard InChI is InChI=1S/C17H16F2N2O6S2/c1-7(22)27-13(14(18)19)9-6-29-16-11(15(24)21(16)12(9)17(25)26)20-10(23)5-8-3-2-4-28-8/h2-4,11,13-14,16H,5-6H2,1H3,(H,20,23)(H,25,26)/t11-,13?,16-/m1/s1. The molecule has 3 rings (SSSR count). The molecule has 1 unspecified atom stereocenters. The Hall–Kier alpha value is -2.47. The highest BCUT2D eigenvalue weighted by Crippen LogP contribution is 2.42. The van der Waals surface area contributed by atoms with Crippen molar-refractivity contribution in [1.82, 2.24) is 10.2 Å². The molecule has 3 atom stereocenters. The van der Waals surface area contributed by atoms with Crippen molar-refractivity contribution >= 4 is 46.9 Å². The molecule has 0 saturated carbocycles. The number of carbonyl (C=O) groups excluding carboxylic acids is 3. The van der Waals surface area contributed by atoms with E-state index >= 15 is 0 Å². The first-order chi connectivity index (χ1) is 13.7. The van der Waals surface area contributed by atoms with Gasteiger partial charge in [-0.1, -0.05) is 6.07 Å². The average Bonchev–Trinajstić information content (AvgIpc) is 3.15. The second-order valence-corrected chi connectivity index (χ2v) is 8.39. The number of fused-ring (bicyclic) bond motifs is 1. The van der Waals surface area contributed by atoms with Crippen molar-refractivity contribution < 1.29 is 37.8 Å². The zero-order chi connectivity index (χ0) is 21.3. The van der Waals surface area contributed by atoms with Crippen molar-refractivity contribution in [3.05, 3.63) is 33.7 Å². The highest BCUT2D eigenvalue weighted by atomic mass is 32.2. The summed E-state index contributed by atoms with van der Waals surface area (Å²) in [5.74, 6) is -3.88. The number of hydrogen-bond donors (Lipinski definition) is 2. The molecule has 1 aromatic heterocycles. The summed E-state index contributed by atoms with van der Waals surface area (Å²) >= 11 is 2.41. The van der Waals surface area contributed by atoms with Gasteiger partial charge in [-0.3, -0.25) is 19.3 Å². The summed E-state index contributed by atoms with van der Waals surface area (Å²) in [6.07, 6.45) is -5.14. The number of halogens is 2. The number of thiophene rings is 1. The summed E-state index contributed by atoms with van der Waals surface area (Å²) in [6, 6.07) is 2.60. The van der Waals surface area contributed by atoms with E-state index in [0.717, 1.165) is 28.5 Å². The largest absolute Gasteiger partial charge is 0.477 e. The lowest BCUT2D eigenvalue weighted by Crippen LogP contribution is -2.71. The SMILES string of the molecule is CC(=O)OC(C1=C(C(=O)O)N2C(=O)[C@@H](NC(=O)Cc3cccs3)[C@H]2SC1)C(F)F. The Balaban J connectivity index is 1.79. The van der Waals surface area contributed by atoms with Crippen LogP contribution in [0.15, 0.2) is 28.8 Å². The van der Waals surface area contributed by atoms with Crippen LogP contribution in [-0.4, -0.2) is 63.5 Å². The predicted octanol–water partition coefficient (Wildman–Crippen LogP) is 1.23. The van der Waals surface area contributed by atoms with Gasteiger partial charge in [0.25, 0.3) is 12.3 Å². The van der Waals surface area contributed by atoms with Gasteiger partial charge in [0.05, 0.1) is 6.42 Å². The second kappa shape index (κ2) is 8.49. The van der Waals surface area contributed by atoms with Gasteiger partial charge in [0.2, 0.25) is 5.91 Å². The summed E-state index contributed by atoms with van der Waals surface area (Å²) in [4.78, 5) is 49.2. The van der Waals surface area contributed by atoms with Gasteiger partial charge in [0, 0.05) is 23.1 Å². The number of alkyl halides is 2. The van der Waals surface area contributed by atoms with Crippen LogP contribution in [-0.2, 0) is 30.3 Å². The number of rotatable bonds is 7. The molecule has 2 amide bonds. The quantitative estimate of drug-likeness (QED) is 0.478. The number of carbonyl (C=O) groups is 4. The summed E-state index contributed by atoms with van der Waals surface area (Å²) in [5.41, 5.74) is -0.977. The number of ether oxygens (including phenoxy) is 1. The highest BCUT2D eigenvalue weighted by Gasteiger charge is 2.55. The smallest absolute Gasteiger partial charge is 0.352 e. The van der Waals surface area contributed by atoms with E-state index in [9.17, 15) is 33.1 Å². The molecule has 0 radical (unpaired) electrons. The van der Waals surface area contributed by atoms with E-state index in [2.05, 4.69) is 10.1 Å². The Morgan fingerprint density at radius 3 is 2.69 bits per heavy atom. The van der Waals surface area contributed by atoms with E-state index in [1.54, 1.807) is 12.1 Å². The zero-order valence-corrected chi connectivity index (χ0v) is 16.6. The lowest BCUT2D eigenvalue weighted by Gasteiger charge is -2.49. The molecule has 2 aliphatic heterocycles. The van der Waals surface area contributed by atoms with Gasteiger partial charge in [0.15, 0.2) is 6.10 Å². The van der Waals surface area contributed by atoms with Gasteiger partial charge in [-0.05, 0) is 11.4 Å². The molecule has 2 N–H and O–H groups in total. The van der Waals surface area contributed by atoms with Crippen LogP contribution in [0.1, 0.15) is 11.8 Å². The average molecular weight is 446 g/mol. The Morgan fingerprint density at radius 2 is 2.14 bits per heavy atom. The fourth-order valence-corrected chi connectivity index (χ4v) is 5.20. The molecule has 0 aromatic carbocycles. The van der Waals surface area contributed by atoms with Crippen LogP contribution in [0.5, 0.6) is 0 Å². The van der Waals surface area contributed by atoms with E-state index in [4.69, 9.17) is 0 Å². The molecule has 1 saturated heterocycles. The van der Waals surface area contributed by atoms with Crippen LogP contribution in [0.4, 0.5) is 8.78 Å². The van der Waals surface area contributed by atoms with Crippen molar-refractivity contribution in [2.45, 2.75) is 37.3 Å². The van der Waals surface area contributed by atoms with Crippen molar-refractivity contribution in [3.8, 4) is 0 Å². The van der Waals surface area contributed by atoms with Crippen LogP contribution >= 0.6 is 23.1 Å². The first-order valence-corrected chi connectivity index (χ1v) is 10.3. The minimum absolute atomic E-state index is 0.0750. The lowest BCUT2D eigenvalue weighted by molar-refractivity contribution is -0.154. The second-order valence-electron chi connectivity index (χ2n) is 6.25. The van der Waals surface area contributed by atoms with Crippen LogP contribution in [0, 0.1) is 0 Å². The molecule has 0 spiro atoms. The molecule has 1 aromatic rings. The monoisotopic (exact) mass is 446 g/mol. The van der Waals surface area contributed by atoms with Crippen LogP contribution in [0.2, 0.25) is 0 Å². The van der Waals surface area contributed by atoms with Crippen LogP contribution in [0.25, 0.3) is 0 Å². The molecule has 156 valence electrons. The fraction of sp³-hybridized carbons (Fsp3) is 0.412. The van der Waals surface area contributed by atoms with Crippen LogP contribution < -0.4 is 5.32 Å². The Bertz CT molecular complexity index is 873. The number of carboxylic acids is 1. The number of carboxylic acid groups (broad SMARTS) is 1. The van der Waals surface area contributed by atoms with E-state index in [1.165, 1.54) is 11.3 Å². The van der Waals surface area contributed by atoms with Crippen molar-refractivity contribution in [2.75, 3.05) is 5.75 Å².